The van der Waals surface area contributed by atoms with E-state index in [1.165, 1.54) is 11.4 Å². The number of anilines is 1. The molecule has 10 N–H and O–H groups in total. The van der Waals surface area contributed by atoms with E-state index in [0.717, 1.165) is 12.1 Å². The number of piperidine rings is 1. The van der Waals surface area contributed by atoms with Crippen molar-refractivity contribution in [3.05, 3.63) is 29.3 Å². The van der Waals surface area contributed by atoms with E-state index in [0.29, 0.717) is 0 Å². The fourth-order valence-electron chi connectivity index (χ4n) is 2.96. The van der Waals surface area contributed by atoms with Crippen molar-refractivity contribution in [1.29, 1.82) is 0 Å². The molecule has 140 valence electrons. The number of benzene rings is 1. The molecule has 1 fully saturated rings. The zero-order chi connectivity index (χ0) is 19.9. The zero-order valence-corrected chi connectivity index (χ0v) is 12.6. The lowest BCUT2D eigenvalue weighted by Gasteiger charge is -2.51. The van der Waals surface area contributed by atoms with Crippen LogP contribution in [0, 0.1) is 0 Å². The first-order chi connectivity index (χ1) is 11.7. The summed E-state index contributed by atoms with van der Waals surface area (Å²) in [4.78, 5) is 35.6. The molecular weight excluding hydrogens is 358 g/mol. The highest BCUT2D eigenvalue weighted by Gasteiger charge is 2.79. The minimum Gasteiger partial charge on any atom is -0.398 e. The van der Waals surface area contributed by atoms with E-state index in [-0.39, 0.29) is 5.69 Å². The molecular formula is C13H13N3O10. The van der Waals surface area contributed by atoms with Gasteiger partial charge in [0.1, 0.15) is 0 Å². The predicted molar refractivity (Wildman–Crippen MR) is 75.6 cm³/mol. The largest absolute Gasteiger partial charge is 0.398 e. The average molecular weight is 371 g/mol. The van der Waals surface area contributed by atoms with Crippen molar-refractivity contribution in [2.45, 2.75) is 23.2 Å². The van der Waals surface area contributed by atoms with Gasteiger partial charge in [-0.1, -0.05) is 6.07 Å². The highest BCUT2D eigenvalue weighted by atomic mass is 16.6. The van der Waals surface area contributed by atoms with E-state index in [1.54, 1.807) is 0 Å². The second-order valence-corrected chi connectivity index (χ2v) is 5.85. The predicted octanol–water partition coefficient (Wildman–Crippen LogP) is -5.47. The third kappa shape index (κ3) is 1.74. The molecule has 13 nitrogen and oxygen atoms in total. The molecule has 0 spiro atoms. The van der Waals surface area contributed by atoms with Gasteiger partial charge in [0.25, 0.3) is 35.1 Å². The number of nitrogens with zero attached hydrogens (tertiary/aromatic N) is 1. The molecule has 26 heavy (non-hydrogen) atoms. The molecule has 0 saturated carbocycles. The second kappa shape index (κ2) is 4.74. The fraction of sp³-hybridized carbons (Fsp3) is 0.308. The summed E-state index contributed by atoms with van der Waals surface area (Å²) in [5.41, 5.74) is -0.185. The summed E-state index contributed by atoms with van der Waals surface area (Å²) in [5, 5.41) is 71.6. The summed E-state index contributed by atoms with van der Waals surface area (Å²) in [7, 11) is 0. The Morgan fingerprint density at radius 2 is 1.50 bits per heavy atom. The topological polar surface area (TPSA) is 234 Å². The molecule has 3 rings (SSSR count). The number of imide groups is 1. The highest BCUT2D eigenvalue weighted by molar-refractivity contribution is 6.10. The number of nitrogens with one attached hydrogen (secondary N) is 1. The Labute approximate surface area is 143 Å². The Balaban J connectivity index is 2.29. The van der Waals surface area contributed by atoms with E-state index in [9.17, 15) is 50.1 Å². The Bertz CT molecular complexity index is 864. The third-order valence-electron chi connectivity index (χ3n) is 4.33. The van der Waals surface area contributed by atoms with E-state index >= 15 is 0 Å². The van der Waals surface area contributed by atoms with Gasteiger partial charge < -0.3 is 41.5 Å². The van der Waals surface area contributed by atoms with Gasteiger partial charge in [-0.15, -0.1) is 0 Å². The summed E-state index contributed by atoms with van der Waals surface area (Å²) >= 11 is 0. The van der Waals surface area contributed by atoms with Crippen LogP contribution in [-0.4, -0.2) is 75.7 Å². The molecule has 1 aromatic rings. The minimum absolute atomic E-state index is 0.375. The summed E-state index contributed by atoms with van der Waals surface area (Å²) in [6.45, 7) is 0. The normalized spacial score (nSPS) is 28.7. The fourth-order valence-corrected chi connectivity index (χ4v) is 2.96. The van der Waals surface area contributed by atoms with E-state index < -0.39 is 57.0 Å². The molecule has 0 aromatic heterocycles. The molecule has 2 aliphatic rings. The van der Waals surface area contributed by atoms with Crippen molar-refractivity contribution < 1.29 is 50.1 Å². The van der Waals surface area contributed by atoms with Crippen molar-refractivity contribution in [3.63, 3.8) is 0 Å². The number of carbonyl (C=O) groups is 3. The van der Waals surface area contributed by atoms with Gasteiger partial charge in [0.05, 0.1) is 11.1 Å². The number of rotatable bonds is 1. The van der Waals surface area contributed by atoms with Gasteiger partial charge in [0.15, 0.2) is 0 Å². The summed E-state index contributed by atoms with van der Waals surface area (Å²) in [6, 6.07) is 3.37. The lowest BCUT2D eigenvalue weighted by atomic mass is 9.86. The average Bonchev–Trinajstić information content (AvgIpc) is 2.72. The molecule has 0 aliphatic carbocycles. The van der Waals surface area contributed by atoms with Gasteiger partial charge in [-0.25, -0.2) is 4.90 Å². The molecule has 1 aromatic carbocycles. The monoisotopic (exact) mass is 371 g/mol. The third-order valence-corrected chi connectivity index (χ3v) is 4.33. The summed E-state index contributed by atoms with van der Waals surface area (Å²) in [5.74, 6) is -17.9. The first-order valence-corrected chi connectivity index (χ1v) is 6.88. The van der Waals surface area contributed by atoms with Gasteiger partial charge in [0, 0.05) is 5.69 Å². The van der Waals surface area contributed by atoms with Crippen LogP contribution in [0.5, 0.6) is 0 Å². The van der Waals surface area contributed by atoms with Crippen LogP contribution in [0.1, 0.15) is 15.9 Å². The molecule has 13 heteroatoms. The van der Waals surface area contributed by atoms with Crippen molar-refractivity contribution >= 4 is 23.4 Å². The van der Waals surface area contributed by atoms with Crippen LogP contribution in [0.4, 0.5) is 5.69 Å². The minimum atomic E-state index is -4.47. The molecule has 0 bridgehead atoms. The van der Waals surface area contributed by atoms with Crippen molar-refractivity contribution in [2.24, 2.45) is 0 Å². The zero-order valence-electron chi connectivity index (χ0n) is 12.6. The number of hydrogen-bond acceptors (Lipinski definition) is 11. The number of nitrogens with two attached hydrogens (primary N) is 1. The van der Waals surface area contributed by atoms with Crippen LogP contribution in [0.3, 0.4) is 0 Å². The van der Waals surface area contributed by atoms with Crippen LogP contribution in [0.15, 0.2) is 18.2 Å². The van der Waals surface area contributed by atoms with E-state index in [2.05, 4.69) is 0 Å². The standard InChI is InChI=1S/C13H13N3O10/c14-5-3-1-2-4-6(5)12(23,24)16(7(4)17)10(20)8(18)15-9(19)11(21,22)13(10,25)26/h1-3,20-26H,14H2,(H,15,18,19). The van der Waals surface area contributed by atoms with Crippen molar-refractivity contribution in [1.82, 2.24) is 10.2 Å². The number of aliphatic hydroxyl groups is 7. The van der Waals surface area contributed by atoms with Crippen LogP contribution in [0.2, 0.25) is 0 Å². The number of amides is 3. The highest BCUT2D eigenvalue weighted by Crippen LogP contribution is 2.47. The Hall–Kier alpha value is -2.65. The first kappa shape index (κ1) is 18.2. The molecule has 3 amide bonds. The lowest BCUT2D eigenvalue weighted by Crippen LogP contribution is -2.87. The maximum Gasteiger partial charge on any atom is 0.306 e. The molecule has 2 heterocycles. The molecule has 1 atom stereocenters. The molecule has 1 unspecified atom stereocenters. The van der Waals surface area contributed by atoms with Gasteiger partial charge in [-0.2, -0.15) is 0 Å². The number of nitrogen functional groups attached to an aromatic ring is 1. The maximum absolute atomic E-state index is 12.5. The molecule has 1 saturated heterocycles. The smallest absolute Gasteiger partial charge is 0.306 e. The van der Waals surface area contributed by atoms with Gasteiger partial charge in [-0.3, -0.25) is 19.7 Å². The number of hydrogen-bond donors (Lipinski definition) is 9. The maximum atomic E-state index is 12.5. The second-order valence-electron chi connectivity index (χ2n) is 5.85. The van der Waals surface area contributed by atoms with Gasteiger partial charge in [0.2, 0.25) is 0 Å². The molecule has 2 aliphatic heterocycles. The van der Waals surface area contributed by atoms with Crippen LogP contribution >= 0.6 is 0 Å². The number of carbonyl (C=O) groups excluding carboxylic acids is 3. The van der Waals surface area contributed by atoms with Crippen molar-refractivity contribution in [2.75, 3.05) is 5.73 Å². The quantitative estimate of drug-likeness (QED) is 0.128. The van der Waals surface area contributed by atoms with E-state index in [4.69, 9.17) is 5.73 Å². The molecule has 0 radical (unpaired) electrons. The summed E-state index contributed by atoms with van der Waals surface area (Å²) in [6.07, 6.45) is 0. The summed E-state index contributed by atoms with van der Waals surface area (Å²) < 4.78 is 0. The van der Waals surface area contributed by atoms with Crippen LogP contribution in [0.25, 0.3) is 0 Å². The Morgan fingerprint density at radius 3 is 2.04 bits per heavy atom. The van der Waals surface area contributed by atoms with Crippen LogP contribution in [-0.2, 0) is 15.5 Å². The van der Waals surface area contributed by atoms with Gasteiger partial charge in [-0.05, 0) is 12.1 Å². The van der Waals surface area contributed by atoms with Crippen molar-refractivity contribution in [3.8, 4) is 0 Å². The SMILES string of the molecule is Nc1cccc2c1C(O)(O)N(C1(O)C(=O)NC(=O)C(O)(O)C1(O)O)C2=O. The van der Waals surface area contributed by atoms with Gasteiger partial charge >= 0.3 is 5.79 Å². The Kier molecular flexibility index (Phi) is 3.31. The van der Waals surface area contributed by atoms with E-state index in [1.807, 2.05) is 0 Å². The Morgan fingerprint density at radius 1 is 0.923 bits per heavy atom. The lowest BCUT2D eigenvalue weighted by molar-refractivity contribution is -0.433. The first-order valence-electron chi connectivity index (χ1n) is 6.88. The number of fused-ring (bicyclic) bond motifs is 1. The van der Waals surface area contributed by atoms with Crippen LogP contribution < -0.4 is 11.1 Å².